The van der Waals surface area contributed by atoms with Crippen LogP contribution in [0.4, 0.5) is 5.69 Å². The molecule has 10 heteroatoms. The molecule has 0 spiro atoms. The number of halogens is 1. The van der Waals surface area contributed by atoms with E-state index in [-0.39, 0.29) is 34.2 Å². The molecule has 8 nitrogen and oxygen atoms in total. The number of hydrogen-bond donors (Lipinski definition) is 1. The minimum atomic E-state index is -0.686. The number of carbonyl (C=O) groups is 2. The fourth-order valence-electron chi connectivity index (χ4n) is 2.64. The number of ether oxygens (including phenoxy) is 1. The van der Waals surface area contributed by atoms with Crippen LogP contribution in [0.5, 0.6) is 11.5 Å². The monoisotopic (exact) mass is 443 g/mol. The van der Waals surface area contributed by atoms with Gasteiger partial charge >= 0.3 is 5.69 Å². The molecule has 1 aliphatic heterocycles. The van der Waals surface area contributed by atoms with E-state index >= 15 is 0 Å². The van der Waals surface area contributed by atoms with Gasteiger partial charge in [0.25, 0.3) is 11.8 Å². The van der Waals surface area contributed by atoms with Gasteiger partial charge < -0.3 is 4.74 Å². The minimum absolute atomic E-state index is 0.00152. The Hall–Kier alpha value is -3.56. The fraction of sp³-hybridized carbons (Fsp3) is 0.0500. The topological polar surface area (TPSA) is 102 Å². The van der Waals surface area contributed by atoms with E-state index in [9.17, 15) is 19.7 Å². The Labute approximate surface area is 181 Å². The lowest BCUT2D eigenvalue weighted by Gasteiger charge is -2.27. The standard InChI is InChI=1S/C20H14ClN3O5S/c1-2-9-23-19(26)15(18(25)22-20(23)30)10-12-3-8-17(16(11-12)24(27)28)29-14-6-4-13(21)5-7-14/h2-8,10-11H,1,9H2,(H,22,25,30)/b15-10+. The predicted octanol–water partition coefficient (Wildman–Crippen LogP) is 3.85. The molecule has 0 radical (unpaired) electrons. The van der Waals surface area contributed by atoms with Crippen LogP contribution in [0, 0.1) is 10.1 Å². The van der Waals surface area contributed by atoms with Gasteiger partial charge in [0, 0.05) is 17.6 Å². The summed E-state index contributed by atoms with van der Waals surface area (Å²) < 4.78 is 5.57. The third-order valence-electron chi connectivity index (χ3n) is 4.03. The summed E-state index contributed by atoms with van der Waals surface area (Å²) in [6, 6.07) is 10.4. The van der Waals surface area contributed by atoms with Crippen LogP contribution in [-0.2, 0) is 9.59 Å². The normalized spacial score (nSPS) is 15.2. The number of rotatable bonds is 6. The molecule has 2 aromatic rings. The number of hydrogen-bond acceptors (Lipinski definition) is 6. The highest BCUT2D eigenvalue weighted by molar-refractivity contribution is 7.80. The molecular formula is C20H14ClN3O5S. The van der Waals surface area contributed by atoms with Crippen LogP contribution < -0.4 is 10.1 Å². The Kier molecular flexibility index (Phi) is 6.24. The molecule has 2 amide bonds. The zero-order valence-electron chi connectivity index (χ0n) is 15.3. The Bertz CT molecular complexity index is 1100. The van der Waals surface area contributed by atoms with E-state index in [1.54, 1.807) is 24.3 Å². The lowest BCUT2D eigenvalue weighted by atomic mass is 10.1. The first-order chi connectivity index (χ1) is 14.3. The van der Waals surface area contributed by atoms with E-state index in [2.05, 4.69) is 11.9 Å². The third-order valence-corrected chi connectivity index (χ3v) is 4.60. The van der Waals surface area contributed by atoms with Crippen LogP contribution >= 0.6 is 23.8 Å². The lowest BCUT2D eigenvalue weighted by Crippen LogP contribution is -2.53. The minimum Gasteiger partial charge on any atom is -0.450 e. The van der Waals surface area contributed by atoms with Crippen molar-refractivity contribution >= 4 is 52.5 Å². The van der Waals surface area contributed by atoms with E-state index in [1.807, 2.05) is 0 Å². The lowest BCUT2D eigenvalue weighted by molar-refractivity contribution is -0.385. The van der Waals surface area contributed by atoms with Gasteiger partial charge in [-0.2, -0.15) is 0 Å². The summed E-state index contributed by atoms with van der Waals surface area (Å²) in [6.07, 6.45) is 2.72. The summed E-state index contributed by atoms with van der Waals surface area (Å²) in [6.45, 7) is 3.66. The maximum Gasteiger partial charge on any atom is 0.312 e. The van der Waals surface area contributed by atoms with Crippen molar-refractivity contribution in [1.29, 1.82) is 0 Å². The SMILES string of the molecule is C=CCN1C(=O)/C(=C/c2ccc(Oc3ccc(Cl)cc3)c([N+](=O)[O-])c2)C(=O)NC1=S. The van der Waals surface area contributed by atoms with Gasteiger partial charge in [-0.15, -0.1) is 6.58 Å². The molecule has 0 saturated carbocycles. The van der Waals surface area contributed by atoms with Crippen molar-refractivity contribution < 1.29 is 19.2 Å². The Morgan fingerprint density at radius 2 is 1.93 bits per heavy atom. The van der Waals surface area contributed by atoms with Crippen molar-refractivity contribution in [3.05, 3.63) is 81.4 Å². The molecule has 1 heterocycles. The maximum absolute atomic E-state index is 12.6. The van der Waals surface area contributed by atoms with Crippen molar-refractivity contribution in [1.82, 2.24) is 10.2 Å². The number of nitro benzene ring substituents is 1. The molecule has 1 N–H and O–H groups in total. The first kappa shape index (κ1) is 21.2. The molecule has 0 aliphatic carbocycles. The summed E-state index contributed by atoms with van der Waals surface area (Å²) in [7, 11) is 0. The summed E-state index contributed by atoms with van der Waals surface area (Å²) in [4.78, 5) is 36.9. The summed E-state index contributed by atoms with van der Waals surface area (Å²) >= 11 is 10.8. The summed E-state index contributed by atoms with van der Waals surface area (Å²) in [5.74, 6) is -0.940. The Morgan fingerprint density at radius 1 is 1.23 bits per heavy atom. The molecule has 1 aliphatic rings. The smallest absolute Gasteiger partial charge is 0.312 e. The van der Waals surface area contributed by atoms with Crippen LogP contribution in [0.1, 0.15) is 5.56 Å². The summed E-state index contributed by atoms with van der Waals surface area (Å²) in [5, 5.41) is 14.4. The van der Waals surface area contributed by atoms with Gasteiger partial charge in [-0.05, 0) is 54.2 Å². The second-order valence-electron chi connectivity index (χ2n) is 6.06. The van der Waals surface area contributed by atoms with Crippen molar-refractivity contribution in [2.75, 3.05) is 6.54 Å². The molecule has 0 atom stereocenters. The third kappa shape index (κ3) is 4.53. The van der Waals surface area contributed by atoms with Crippen molar-refractivity contribution in [3.63, 3.8) is 0 Å². The Balaban J connectivity index is 1.95. The average Bonchev–Trinajstić information content (AvgIpc) is 2.71. The number of nitro groups is 1. The van der Waals surface area contributed by atoms with E-state index in [4.69, 9.17) is 28.6 Å². The van der Waals surface area contributed by atoms with E-state index in [1.165, 1.54) is 35.3 Å². The van der Waals surface area contributed by atoms with E-state index in [0.717, 1.165) is 0 Å². The second kappa shape index (κ2) is 8.85. The molecule has 1 saturated heterocycles. The van der Waals surface area contributed by atoms with Gasteiger partial charge in [0.05, 0.1) is 4.92 Å². The quantitative estimate of drug-likeness (QED) is 0.182. The highest BCUT2D eigenvalue weighted by atomic mass is 35.5. The van der Waals surface area contributed by atoms with Gasteiger partial charge in [-0.1, -0.05) is 23.7 Å². The molecule has 3 rings (SSSR count). The van der Waals surface area contributed by atoms with Crippen LogP contribution in [0.2, 0.25) is 5.02 Å². The molecule has 152 valence electrons. The molecule has 0 unspecified atom stereocenters. The maximum atomic E-state index is 12.6. The van der Waals surface area contributed by atoms with Crippen LogP contribution in [0.25, 0.3) is 6.08 Å². The van der Waals surface area contributed by atoms with Gasteiger partial charge in [0.2, 0.25) is 5.75 Å². The van der Waals surface area contributed by atoms with Crippen LogP contribution in [0.3, 0.4) is 0 Å². The van der Waals surface area contributed by atoms with Gasteiger partial charge in [-0.3, -0.25) is 29.9 Å². The number of nitrogens with zero attached hydrogens (tertiary/aromatic N) is 2. The Morgan fingerprint density at radius 3 is 2.57 bits per heavy atom. The van der Waals surface area contributed by atoms with Crippen LogP contribution in [-0.4, -0.2) is 33.3 Å². The average molecular weight is 444 g/mol. The first-order valence-corrected chi connectivity index (χ1v) is 9.30. The zero-order valence-corrected chi connectivity index (χ0v) is 16.9. The van der Waals surface area contributed by atoms with Crippen LogP contribution in [0.15, 0.2) is 60.7 Å². The second-order valence-corrected chi connectivity index (χ2v) is 6.89. The number of thiocarbonyl (C=S) groups is 1. The predicted molar refractivity (Wildman–Crippen MR) is 115 cm³/mol. The highest BCUT2D eigenvalue weighted by Gasteiger charge is 2.32. The van der Waals surface area contributed by atoms with Gasteiger partial charge in [0.15, 0.2) is 5.11 Å². The fourth-order valence-corrected chi connectivity index (χ4v) is 3.01. The number of carbonyl (C=O) groups excluding carboxylic acids is 2. The first-order valence-electron chi connectivity index (χ1n) is 8.52. The van der Waals surface area contributed by atoms with Gasteiger partial charge in [0.1, 0.15) is 11.3 Å². The van der Waals surface area contributed by atoms with Crippen molar-refractivity contribution in [2.24, 2.45) is 0 Å². The molecule has 30 heavy (non-hydrogen) atoms. The molecule has 2 aromatic carbocycles. The number of nitrogens with one attached hydrogen (secondary N) is 1. The van der Waals surface area contributed by atoms with E-state index in [0.29, 0.717) is 10.8 Å². The molecule has 1 fully saturated rings. The molecule has 0 bridgehead atoms. The van der Waals surface area contributed by atoms with Crippen molar-refractivity contribution in [3.8, 4) is 11.5 Å². The molecule has 0 aromatic heterocycles. The zero-order chi connectivity index (χ0) is 21.8. The molecular weight excluding hydrogens is 430 g/mol. The number of amides is 2. The largest absolute Gasteiger partial charge is 0.450 e. The van der Waals surface area contributed by atoms with Crippen molar-refractivity contribution in [2.45, 2.75) is 0 Å². The van der Waals surface area contributed by atoms with Gasteiger partial charge in [-0.25, -0.2) is 0 Å². The number of benzene rings is 2. The summed E-state index contributed by atoms with van der Waals surface area (Å²) in [5.41, 5.74) is -0.261. The highest BCUT2D eigenvalue weighted by Crippen LogP contribution is 2.33. The van der Waals surface area contributed by atoms with E-state index < -0.39 is 16.7 Å².